The Hall–Kier alpha value is -2.37. The summed E-state index contributed by atoms with van der Waals surface area (Å²) in [6.45, 7) is 2.10. The van der Waals surface area contributed by atoms with Gasteiger partial charge in [-0.25, -0.2) is 4.98 Å². The van der Waals surface area contributed by atoms with Crippen molar-refractivity contribution in [3.05, 3.63) is 52.5 Å². The molecule has 1 N–H and O–H groups in total. The lowest BCUT2D eigenvalue weighted by atomic mass is 10.0. The zero-order chi connectivity index (χ0) is 16.7. The van der Waals surface area contributed by atoms with Crippen molar-refractivity contribution in [1.29, 1.82) is 0 Å². The fraction of sp³-hybridized carbons (Fsp3) is 0.111. The van der Waals surface area contributed by atoms with Crippen LogP contribution in [0.25, 0.3) is 32.7 Å². The monoisotopic (exact) mass is 355 g/mol. The number of aromatic amines is 1. The Morgan fingerprint density at radius 1 is 1.12 bits per heavy atom. The number of benzene rings is 1. The Balaban J connectivity index is 2.01. The molecule has 0 aliphatic rings. The first kappa shape index (κ1) is 15.2. The van der Waals surface area contributed by atoms with Crippen LogP contribution in [0.4, 0.5) is 0 Å². The number of ether oxygens (including phenoxy) is 1. The predicted octanol–water partition coefficient (Wildman–Crippen LogP) is 5.32. The lowest BCUT2D eigenvalue weighted by Gasteiger charge is -2.09. The summed E-state index contributed by atoms with van der Waals surface area (Å²) in [5.74, 6) is 0.699. The van der Waals surface area contributed by atoms with Crippen LogP contribution in [0.5, 0.6) is 5.75 Å². The highest BCUT2D eigenvalue weighted by Crippen LogP contribution is 2.40. The van der Waals surface area contributed by atoms with Gasteiger partial charge in [0, 0.05) is 32.1 Å². The van der Waals surface area contributed by atoms with Crippen LogP contribution >= 0.6 is 22.9 Å². The molecule has 3 heterocycles. The number of pyridine rings is 1. The van der Waals surface area contributed by atoms with Crippen LogP contribution in [0.15, 0.2) is 42.6 Å². The van der Waals surface area contributed by atoms with E-state index in [0.717, 1.165) is 22.2 Å². The molecule has 0 aliphatic carbocycles. The minimum Gasteiger partial charge on any atom is -0.496 e. The van der Waals surface area contributed by atoms with Crippen LogP contribution in [0, 0.1) is 6.92 Å². The van der Waals surface area contributed by atoms with E-state index in [-0.39, 0.29) is 0 Å². The van der Waals surface area contributed by atoms with Gasteiger partial charge in [-0.05, 0) is 43.3 Å². The third-order valence-electron chi connectivity index (χ3n) is 3.89. The molecule has 120 valence electrons. The quantitative estimate of drug-likeness (QED) is 0.540. The number of halogens is 1. The number of aromatic nitrogens is 3. The molecule has 0 saturated carbocycles. The number of fused-ring (bicyclic) bond motifs is 1. The first-order chi connectivity index (χ1) is 11.7. The molecular formula is C18H14ClN3OS. The molecular weight excluding hydrogens is 342 g/mol. The summed E-state index contributed by atoms with van der Waals surface area (Å²) in [5, 5.41) is 9.09. The summed E-state index contributed by atoms with van der Waals surface area (Å²) < 4.78 is 5.50. The third kappa shape index (κ3) is 2.46. The van der Waals surface area contributed by atoms with Crippen LogP contribution in [0.3, 0.4) is 0 Å². The molecule has 0 aliphatic heterocycles. The van der Waals surface area contributed by atoms with Gasteiger partial charge in [0.15, 0.2) is 5.65 Å². The predicted molar refractivity (Wildman–Crippen MR) is 98.9 cm³/mol. The SMILES string of the molecule is COc1cc(Cl)ccc1-c1[nH]nc2nccc(-c3ccc(C)s3)c12. The van der Waals surface area contributed by atoms with E-state index in [9.17, 15) is 0 Å². The van der Waals surface area contributed by atoms with E-state index in [1.165, 1.54) is 9.75 Å². The van der Waals surface area contributed by atoms with E-state index < -0.39 is 0 Å². The molecule has 0 unspecified atom stereocenters. The Morgan fingerprint density at radius 2 is 2.00 bits per heavy atom. The number of methoxy groups -OCH3 is 1. The largest absolute Gasteiger partial charge is 0.496 e. The molecule has 4 rings (SSSR count). The third-order valence-corrected chi connectivity index (χ3v) is 5.16. The Kier molecular flexibility index (Phi) is 3.75. The molecule has 0 radical (unpaired) electrons. The maximum absolute atomic E-state index is 6.09. The molecule has 0 amide bonds. The van der Waals surface area contributed by atoms with Gasteiger partial charge in [0.05, 0.1) is 18.2 Å². The van der Waals surface area contributed by atoms with Crippen molar-refractivity contribution >= 4 is 34.0 Å². The number of aryl methyl sites for hydroxylation is 1. The fourth-order valence-electron chi connectivity index (χ4n) is 2.80. The topological polar surface area (TPSA) is 50.8 Å². The molecule has 0 spiro atoms. The van der Waals surface area contributed by atoms with E-state index in [1.807, 2.05) is 18.2 Å². The van der Waals surface area contributed by atoms with E-state index in [1.54, 1.807) is 30.7 Å². The summed E-state index contributed by atoms with van der Waals surface area (Å²) in [6, 6.07) is 11.9. The molecule has 0 saturated heterocycles. The van der Waals surface area contributed by atoms with Crippen LogP contribution in [-0.4, -0.2) is 22.3 Å². The van der Waals surface area contributed by atoms with E-state index in [2.05, 4.69) is 34.2 Å². The average molecular weight is 356 g/mol. The zero-order valence-electron chi connectivity index (χ0n) is 13.1. The van der Waals surface area contributed by atoms with Gasteiger partial charge >= 0.3 is 0 Å². The Labute approximate surface area is 148 Å². The molecule has 0 fully saturated rings. The number of nitrogens with one attached hydrogen (secondary N) is 1. The van der Waals surface area contributed by atoms with Crippen molar-refractivity contribution < 1.29 is 4.74 Å². The molecule has 0 atom stereocenters. The number of hydrogen-bond acceptors (Lipinski definition) is 4. The number of thiophene rings is 1. The van der Waals surface area contributed by atoms with Crippen molar-refractivity contribution in [3.8, 4) is 27.4 Å². The maximum atomic E-state index is 6.09. The molecule has 24 heavy (non-hydrogen) atoms. The second-order valence-corrected chi connectivity index (χ2v) is 7.13. The number of nitrogens with zero attached hydrogens (tertiary/aromatic N) is 2. The molecule has 1 aromatic carbocycles. The Morgan fingerprint density at radius 3 is 2.75 bits per heavy atom. The van der Waals surface area contributed by atoms with Gasteiger partial charge in [-0.2, -0.15) is 5.10 Å². The second kappa shape index (κ2) is 5.92. The first-order valence-electron chi connectivity index (χ1n) is 7.41. The number of H-pyrrole nitrogens is 1. The maximum Gasteiger partial charge on any atom is 0.182 e. The molecule has 4 nitrogen and oxygen atoms in total. The van der Waals surface area contributed by atoms with Gasteiger partial charge in [-0.1, -0.05) is 11.6 Å². The van der Waals surface area contributed by atoms with Crippen molar-refractivity contribution in [2.75, 3.05) is 7.11 Å². The summed E-state index contributed by atoms with van der Waals surface area (Å²) in [4.78, 5) is 6.85. The Bertz CT molecular complexity index is 1040. The van der Waals surface area contributed by atoms with Crippen LogP contribution in [0.2, 0.25) is 5.02 Å². The van der Waals surface area contributed by atoms with Gasteiger partial charge in [-0.15, -0.1) is 11.3 Å². The van der Waals surface area contributed by atoms with Crippen molar-refractivity contribution in [1.82, 2.24) is 15.2 Å². The normalized spacial score (nSPS) is 11.1. The smallest absolute Gasteiger partial charge is 0.182 e. The van der Waals surface area contributed by atoms with Crippen LogP contribution in [0.1, 0.15) is 4.88 Å². The van der Waals surface area contributed by atoms with Crippen molar-refractivity contribution in [2.24, 2.45) is 0 Å². The lowest BCUT2D eigenvalue weighted by Crippen LogP contribution is -1.89. The van der Waals surface area contributed by atoms with E-state index in [4.69, 9.17) is 16.3 Å². The van der Waals surface area contributed by atoms with Gasteiger partial charge in [0.25, 0.3) is 0 Å². The van der Waals surface area contributed by atoms with E-state index >= 15 is 0 Å². The highest BCUT2D eigenvalue weighted by atomic mass is 35.5. The standard InChI is InChI=1S/C18H14ClN3OS/c1-10-3-6-15(24-10)13-7-8-20-18-16(13)17(21-22-18)12-5-4-11(19)9-14(12)23-2/h3-9H,1-2H3,(H,20,21,22). The van der Waals surface area contributed by atoms with Gasteiger partial charge in [-0.3, -0.25) is 5.10 Å². The zero-order valence-corrected chi connectivity index (χ0v) is 14.7. The van der Waals surface area contributed by atoms with E-state index in [0.29, 0.717) is 16.4 Å². The summed E-state index contributed by atoms with van der Waals surface area (Å²) in [5.41, 5.74) is 3.59. The second-order valence-electron chi connectivity index (χ2n) is 5.41. The summed E-state index contributed by atoms with van der Waals surface area (Å²) >= 11 is 7.84. The van der Waals surface area contributed by atoms with Gasteiger partial charge < -0.3 is 4.74 Å². The van der Waals surface area contributed by atoms with Crippen LogP contribution < -0.4 is 4.74 Å². The van der Waals surface area contributed by atoms with Crippen molar-refractivity contribution in [2.45, 2.75) is 6.92 Å². The molecule has 6 heteroatoms. The highest BCUT2D eigenvalue weighted by molar-refractivity contribution is 7.15. The van der Waals surface area contributed by atoms with Gasteiger partial charge in [0.1, 0.15) is 5.75 Å². The molecule has 0 bridgehead atoms. The number of hydrogen-bond donors (Lipinski definition) is 1. The average Bonchev–Trinajstić information content (AvgIpc) is 3.21. The number of rotatable bonds is 3. The lowest BCUT2D eigenvalue weighted by molar-refractivity contribution is 0.416. The van der Waals surface area contributed by atoms with Crippen LogP contribution in [-0.2, 0) is 0 Å². The van der Waals surface area contributed by atoms with Crippen molar-refractivity contribution in [3.63, 3.8) is 0 Å². The first-order valence-corrected chi connectivity index (χ1v) is 8.60. The minimum absolute atomic E-state index is 0.631. The summed E-state index contributed by atoms with van der Waals surface area (Å²) in [7, 11) is 1.63. The fourth-order valence-corrected chi connectivity index (χ4v) is 3.86. The highest BCUT2D eigenvalue weighted by Gasteiger charge is 2.18. The minimum atomic E-state index is 0.631. The molecule has 4 aromatic rings. The van der Waals surface area contributed by atoms with Gasteiger partial charge in [0.2, 0.25) is 0 Å². The molecule has 3 aromatic heterocycles. The summed E-state index contributed by atoms with van der Waals surface area (Å²) in [6.07, 6.45) is 1.79.